The molecule has 39 heavy (non-hydrogen) atoms. The van der Waals surface area contributed by atoms with Crippen LogP contribution in [0.4, 0.5) is 0 Å². The van der Waals surface area contributed by atoms with Crippen molar-refractivity contribution >= 4 is 87.9 Å². The second-order valence-corrected chi connectivity index (χ2v) is 10.3. The summed E-state index contributed by atoms with van der Waals surface area (Å²) in [7, 11) is 0. The topological polar surface area (TPSA) is 43.9 Å². The van der Waals surface area contributed by atoms with E-state index < -0.39 is 0 Å². The molecule has 0 unspecified atom stereocenters. The molecule has 0 fully saturated rings. The molecule has 3 aromatic heterocycles. The molecule has 9 aromatic rings. The van der Waals surface area contributed by atoms with Gasteiger partial charge in [-0.15, -0.1) is 0 Å². The van der Waals surface area contributed by atoms with Crippen molar-refractivity contribution in [2.24, 2.45) is 0 Å². The van der Waals surface area contributed by atoms with Gasteiger partial charge < -0.3 is 4.42 Å². The van der Waals surface area contributed by atoms with Crippen LogP contribution in [0.2, 0.25) is 5.15 Å². The number of aromatic nitrogens is 3. The van der Waals surface area contributed by atoms with Crippen LogP contribution in [0.5, 0.6) is 0 Å². The summed E-state index contributed by atoms with van der Waals surface area (Å²) in [5.41, 5.74) is 5.16. The first kappa shape index (κ1) is 21.1. The summed E-state index contributed by atoms with van der Waals surface area (Å²) in [6.07, 6.45) is 0. The lowest BCUT2D eigenvalue weighted by Gasteiger charge is -2.10. The van der Waals surface area contributed by atoms with Crippen molar-refractivity contribution in [1.82, 2.24) is 14.5 Å². The smallest absolute Gasteiger partial charge is 0.176 e. The van der Waals surface area contributed by atoms with Crippen molar-refractivity contribution in [2.75, 3.05) is 0 Å². The fraction of sp³-hybridized carbons (Fsp3) is 0. The van der Waals surface area contributed by atoms with E-state index in [4.69, 9.17) is 26.0 Å². The van der Waals surface area contributed by atoms with E-state index in [0.717, 1.165) is 70.9 Å². The lowest BCUT2D eigenvalue weighted by Crippen LogP contribution is -2.01. The van der Waals surface area contributed by atoms with Gasteiger partial charge in [-0.1, -0.05) is 90.5 Å². The minimum atomic E-state index is 0.347. The molecule has 5 heteroatoms. The Morgan fingerprint density at radius 3 is 2.00 bits per heavy atom. The summed E-state index contributed by atoms with van der Waals surface area (Å²) in [4.78, 5) is 9.75. The Labute approximate surface area is 226 Å². The maximum atomic E-state index is 6.89. The minimum absolute atomic E-state index is 0.347. The highest BCUT2D eigenvalue weighted by Gasteiger charge is 2.24. The molecule has 9 rings (SSSR count). The van der Waals surface area contributed by atoms with Gasteiger partial charge in [-0.25, -0.2) is 9.97 Å². The van der Waals surface area contributed by atoms with E-state index in [0.29, 0.717) is 11.0 Å². The minimum Gasteiger partial charge on any atom is -0.454 e. The molecular weight excluding hydrogens is 502 g/mol. The Morgan fingerprint density at radius 2 is 1.21 bits per heavy atom. The summed E-state index contributed by atoms with van der Waals surface area (Å²) in [5, 5.41) is 9.41. The third-order valence-electron chi connectivity index (χ3n) is 7.83. The lowest BCUT2D eigenvalue weighted by molar-refractivity contribution is 0.671. The highest BCUT2D eigenvalue weighted by molar-refractivity contribution is 6.36. The van der Waals surface area contributed by atoms with Crippen LogP contribution < -0.4 is 0 Å². The van der Waals surface area contributed by atoms with E-state index in [1.54, 1.807) is 0 Å². The number of halogens is 1. The van der Waals surface area contributed by atoms with Gasteiger partial charge in [0.2, 0.25) is 0 Å². The molecule has 0 aliphatic rings. The molecule has 0 spiro atoms. The molecule has 0 aliphatic heterocycles. The van der Waals surface area contributed by atoms with Crippen LogP contribution in [0.1, 0.15) is 0 Å². The fourth-order valence-corrected chi connectivity index (χ4v) is 6.41. The van der Waals surface area contributed by atoms with Gasteiger partial charge in [0.25, 0.3) is 0 Å². The van der Waals surface area contributed by atoms with Gasteiger partial charge in [-0.2, -0.15) is 0 Å². The molecule has 3 heterocycles. The second kappa shape index (κ2) is 7.56. The maximum Gasteiger partial charge on any atom is 0.176 e. The van der Waals surface area contributed by atoms with Crippen LogP contribution in [-0.4, -0.2) is 14.5 Å². The van der Waals surface area contributed by atoms with Crippen molar-refractivity contribution in [2.45, 2.75) is 0 Å². The molecule has 0 aliphatic carbocycles. The zero-order valence-electron chi connectivity index (χ0n) is 20.5. The first-order chi connectivity index (χ1) is 19.3. The molecule has 182 valence electrons. The van der Waals surface area contributed by atoms with Gasteiger partial charge in [0.05, 0.1) is 22.1 Å². The van der Waals surface area contributed by atoms with E-state index in [2.05, 4.69) is 83.4 Å². The van der Waals surface area contributed by atoms with Crippen LogP contribution >= 0.6 is 11.6 Å². The number of rotatable bonds is 1. The summed E-state index contributed by atoms with van der Waals surface area (Å²) in [6.45, 7) is 0. The van der Waals surface area contributed by atoms with Crippen LogP contribution in [0, 0.1) is 0 Å². The SMILES string of the molecule is Clc1nc2ccccc2nc1-n1c2ccccc2c2c3ccccc3c3c4cc5ccccc5cc4oc3c21. The molecule has 0 bridgehead atoms. The average molecular weight is 520 g/mol. The lowest BCUT2D eigenvalue weighted by atomic mass is 9.98. The number of hydrogen-bond donors (Lipinski definition) is 0. The predicted octanol–water partition coefficient (Wildman–Crippen LogP) is 9.59. The molecule has 0 radical (unpaired) electrons. The van der Waals surface area contributed by atoms with Crippen LogP contribution in [0.3, 0.4) is 0 Å². The second-order valence-electron chi connectivity index (χ2n) is 9.95. The number of nitrogens with zero attached hydrogens (tertiary/aromatic N) is 3. The van der Waals surface area contributed by atoms with E-state index in [-0.39, 0.29) is 0 Å². The molecule has 4 nitrogen and oxygen atoms in total. The van der Waals surface area contributed by atoms with E-state index in [1.807, 2.05) is 30.3 Å². The molecule has 0 saturated heterocycles. The van der Waals surface area contributed by atoms with Crippen LogP contribution in [0.15, 0.2) is 114 Å². The molecular formula is C34H18ClN3O. The summed E-state index contributed by atoms with van der Waals surface area (Å²) in [6, 6.07) is 37.6. The van der Waals surface area contributed by atoms with Crippen molar-refractivity contribution in [3.8, 4) is 5.82 Å². The molecule has 0 amide bonds. The third kappa shape index (κ3) is 2.78. The summed E-state index contributed by atoms with van der Waals surface area (Å²) in [5.74, 6) is 0.587. The first-order valence-corrected chi connectivity index (χ1v) is 13.3. The predicted molar refractivity (Wildman–Crippen MR) is 161 cm³/mol. The number of hydrogen-bond acceptors (Lipinski definition) is 3. The Balaban J connectivity index is 1.58. The van der Waals surface area contributed by atoms with Crippen molar-refractivity contribution in [3.05, 3.63) is 114 Å². The number of fused-ring (bicyclic) bond motifs is 12. The molecule has 6 aromatic carbocycles. The zero-order chi connectivity index (χ0) is 25.7. The van der Waals surface area contributed by atoms with Crippen LogP contribution in [-0.2, 0) is 0 Å². The molecule has 0 saturated carbocycles. The molecule has 0 atom stereocenters. The van der Waals surface area contributed by atoms with Crippen molar-refractivity contribution < 1.29 is 4.42 Å². The Kier molecular flexibility index (Phi) is 4.08. The largest absolute Gasteiger partial charge is 0.454 e. The third-order valence-corrected chi connectivity index (χ3v) is 8.09. The number of benzene rings is 6. The Morgan fingerprint density at radius 1 is 0.590 bits per heavy atom. The standard InChI is InChI=1S/C34H18ClN3O/c35-33-34(37-26-15-7-6-14-25(26)36-33)38-27-16-8-5-13-23(27)29-21-11-3-4-12-22(21)30-24-17-19-9-1-2-10-20(19)18-28(24)39-32(30)31(29)38/h1-18H. The quantitative estimate of drug-likeness (QED) is 0.217. The van der Waals surface area contributed by atoms with Gasteiger partial charge in [-0.3, -0.25) is 4.57 Å². The van der Waals surface area contributed by atoms with Gasteiger partial charge >= 0.3 is 0 Å². The van der Waals surface area contributed by atoms with E-state index in [9.17, 15) is 0 Å². The van der Waals surface area contributed by atoms with Gasteiger partial charge in [-0.05, 0) is 51.9 Å². The summed E-state index contributed by atoms with van der Waals surface area (Å²) < 4.78 is 8.92. The van der Waals surface area contributed by atoms with Gasteiger partial charge in [0.15, 0.2) is 16.6 Å². The Hall–Kier alpha value is -4.93. The Bertz CT molecular complexity index is 2470. The van der Waals surface area contributed by atoms with Gasteiger partial charge in [0, 0.05) is 21.5 Å². The fourth-order valence-electron chi connectivity index (χ4n) is 6.19. The zero-order valence-corrected chi connectivity index (χ0v) is 21.3. The van der Waals surface area contributed by atoms with Gasteiger partial charge in [0.1, 0.15) is 5.58 Å². The van der Waals surface area contributed by atoms with E-state index in [1.165, 1.54) is 5.39 Å². The first-order valence-electron chi connectivity index (χ1n) is 12.9. The monoisotopic (exact) mass is 519 g/mol. The van der Waals surface area contributed by atoms with E-state index >= 15 is 0 Å². The van der Waals surface area contributed by atoms with Crippen molar-refractivity contribution in [3.63, 3.8) is 0 Å². The summed E-state index contributed by atoms with van der Waals surface area (Å²) >= 11 is 6.89. The van der Waals surface area contributed by atoms with Crippen LogP contribution in [0.25, 0.3) is 82.1 Å². The number of furan rings is 1. The average Bonchev–Trinajstić information content (AvgIpc) is 3.52. The maximum absolute atomic E-state index is 6.89. The highest BCUT2D eigenvalue weighted by atomic mass is 35.5. The normalized spacial score (nSPS) is 12.2. The molecule has 0 N–H and O–H groups in total. The number of para-hydroxylation sites is 3. The highest BCUT2D eigenvalue weighted by Crippen LogP contribution is 2.46. The van der Waals surface area contributed by atoms with Crippen molar-refractivity contribution in [1.29, 1.82) is 0 Å².